The van der Waals surface area contributed by atoms with Crippen LogP contribution in [0.4, 0.5) is 0 Å². The van der Waals surface area contributed by atoms with Crippen molar-refractivity contribution in [2.75, 3.05) is 6.61 Å². The molecule has 5 heteroatoms. The Kier molecular flexibility index (Phi) is 5.74. The number of benzene rings is 1. The molecule has 2 rings (SSSR count). The Labute approximate surface area is 140 Å². The maximum absolute atomic E-state index is 12.9. The van der Waals surface area contributed by atoms with Crippen molar-refractivity contribution in [3.05, 3.63) is 23.8 Å². The van der Waals surface area contributed by atoms with Crippen LogP contribution in [0.1, 0.15) is 65.4 Å². The van der Waals surface area contributed by atoms with E-state index in [1.54, 1.807) is 12.1 Å². The highest BCUT2D eigenvalue weighted by Crippen LogP contribution is 2.32. The van der Waals surface area contributed by atoms with Crippen LogP contribution < -0.4 is 9.46 Å². The van der Waals surface area contributed by atoms with Crippen molar-refractivity contribution in [2.24, 2.45) is 0 Å². The first-order valence-corrected chi connectivity index (χ1v) is 10.0. The second kappa shape index (κ2) is 7.22. The molecule has 23 heavy (non-hydrogen) atoms. The van der Waals surface area contributed by atoms with Gasteiger partial charge >= 0.3 is 0 Å². The molecule has 1 N–H and O–H groups in total. The highest BCUT2D eigenvalue weighted by Gasteiger charge is 2.27. The molecule has 0 heterocycles. The smallest absolute Gasteiger partial charge is 0.244 e. The minimum absolute atomic E-state index is 0.0531. The predicted octanol–water partition coefficient (Wildman–Crippen LogP) is 3.99. The van der Waals surface area contributed by atoms with Gasteiger partial charge in [0.1, 0.15) is 10.6 Å². The van der Waals surface area contributed by atoms with Crippen molar-refractivity contribution in [3.8, 4) is 5.75 Å². The van der Waals surface area contributed by atoms with Crippen LogP contribution in [0.2, 0.25) is 0 Å². The molecule has 130 valence electrons. The van der Waals surface area contributed by atoms with Crippen molar-refractivity contribution >= 4 is 10.0 Å². The molecule has 0 aliphatic heterocycles. The maximum Gasteiger partial charge on any atom is 0.244 e. The maximum atomic E-state index is 12.9. The summed E-state index contributed by atoms with van der Waals surface area (Å²) < 4.78 is 34.3. The molecule has 0 unspecified atom stereocenters. The fourth-order valence-corrected chi connectivity index (χ4v) is 4.32. The molecule has 1 saturated carbocycles. The molecule has 4 nitrogen and oxygen atoms in total. The Morgan fingerprint density at radius 1 is 1.22 bits per heavy atom. The topological polar surface area (TPSA) is 55.4 Å². The molecule has 0 atom stereocenters. The second-order valence-corrected chi connectivity index (χ2v) is 9.05. The lowest BCUT2D eigenvalue weighted by molar-refractivity contribution is 0.308. The molecule has 1 aromatic carbocycles. The normalized spacial score (nSPS) is 16.7. The molecule has 0 radical (unpaired) electrons. The van der Waals surface area contributed by atoms with E-state index in [2.05, 4.69) is 25.5 Å². The van der Waals surface area contributed by atoms with Crippen molar-refractivity contribution in [1.29, 1.82) is 0 Å². The van der Waals surface area contributed by atoms with Crippen LogP contribution in [0.15, 0.2) is 23.1 Å². The van der Waals surface area contributed by atoms with Crippen LogP contribution in [0.25, 0.3) is 0 Å². The molecule has 1 fully saturated rings. The van der Waals surface area contributed by atoms with Gasteiger partial charge in [-0.1, -0.05) is 46.6 Å². The number of rotatable bonds is 6. The SMILES string of the molecule is CCCOc1ccc(C(C)(C)C)cc1S(=O)(=O)NC1CCCC1. The summed E-state index contributed by atoms with van der Waals surface area (Å²) >= 11 is 0. The van der Waals surface area contributed by atoms with Crippen molar-refractivity contribution in [2.45, 2.75) is 76.2 Å². The summed E-state index contributed by atoms with van der Waals surface area (Å²) in [7, 11) is -3.56. The molecular formula is C18H29NO3S. The fourth-order valence-electron chi connectivity index (χ4n) is 2.84. The van der Waals surface area contributed by atoms with Gasteiger partial charge in [0.05, 0.1) is 6.61 Å². The quantitative estimate of drug-likeness (QED) is 0.852. The van der Waals surface area contributed by atoms with E-state index in [4.69, 9.17) is 4.74 Å². The van der Waals surface area contributed by atoms with Crippen LogP contribution in [-0.2, 0) is 15.4 Å². The number of ether oxygens (including phenoxy) is 1. The summed E-state index contributed by atoms with van der Waals surface area (Å²) in [5, 5.41) is 0. The van der Waals surface area contributed by atoms with Gasteiger partial charge in [0.15, 0.2) is 0 Å². The van der Waals surface area contributed by atoms with Crippen LogP contribution in [0.5, 0.6) is 5.75 Å². The first kappa shape index (κ1) is 18.3. The Morgan fingerprint density at radius 3 is 2.43 bits per heavy atom. The van der Waals surface area contributed by atoms with Gasteiger partial charge in [-0.3, -0.25) is 0 Å². The van der Waals surface area contributed by atoms with Crippen molar-refractivity contribution in [1.82, 2.24) is 4.72 Å². The number of hydrogen-bond donors (Lipinski definition) is 1. The first-order valence-electron chi connectivity index (χ1n) is 8.53. The molecule has 1 aromatic rings. The van der Waals surface area contributed by atoms with Crippen molar-refractivity contribution in [3.63, 3.8) is 0 Å². The fraction of sp³-hybridized carbons (Fsp3) is 0.667. The average Bonchev–Trinajstić information content (AvgIpc) is 2.96. The van der Waals surface area contributed by atoms with E-state index < -0.39 is 10.0 Å². The van der Waals surface area contributed by atoms with Gasteiger partial charge in [0.2, 0.25) is 10.0 Å². The zero-order chi connectivity index (χ0) is 17.1. The van der Waals surface area contributed by atoms with Crippen LogP contribution in [-0.4, -0.2) is 21.1 Å². The van der Waals surface area contributed by atoms with Crippen LogP contribution in [0.3, 0.4) is 0 Å². The van der Waals surface area contributed by atoms with E-state index >= 15 is 0 Å². The summed E-state index contributed by atoms with van der Waals surface area (Å²) in [5.74, 6) is 0.449. The zero-order valence-corrected chi connectivity index (χ0v) is 15.5. The number of sulfonamides is 1. The van der Waals surface area contributed by atoms with Gasteiger partial charge < -0.3 is 4.74 Å². The molecule has 0 spiro atoms. The van der Waals surface area contributed by atoms with E-state index in [0.29, 0.717) is 12.4 Å². The summed E-state index contributed by atoms with van der Waals surface area (Å²) in [4.78, 5) is 0.269. The van der Waals surface area contributed by atoms with Gasteiger partial charge in [-0.2, -0.15) is 0 Å². The van der Waals surface area contributed by atoms with E-state index in [0.717, 1.165) is 37.7 Å². The molecule has 0 amide bonds. The van der Waals surface area contributed by atoms with E-state index in [1.165, 1.54) is 0 Å². The molecule has 0 bridgehead atoms. The minimum atomic E-state index is -3.56. The largest absolute Gasteiger partial charge is 0.492 e. The minimum Gasteiger partial charge on any atom is -0.492 e. The third-order valence-electron chi connectivity index (χ3n) is 4.24. The van der Waals surface area contributed by atoms with Crippen LogP contribution in [0, 0.1) is 0 Å². The monoisotopic (exact) mass is 339 g/mol. The first-order chi connectivity index (χ1) is 10.7. The van der Waals surface area contributed by atoms with E-state index in [-0.39, 0.29) is 16.4 Å². The standard InChI is InChI=1S/C18H29NO3S/c1-5-12-22-16-11-10-14(18(2,3)4)13-17(16)23(20,21)19-15-8-6-7-9-15/h10-11,13,15,19H,5-9,12H2,1-4H3. The highest BCUT2D eigenvalue weighted by atomic mass is 32.2. The Hall–Kier alpha value is -1.07. The summed E-state index contributed by atoms with van der Waals surface area (Å²) in [6.45, 7) is 8.76. The number of hydrogen-bond acceptors (Lipinski definition) is 3. The molecular weight excluding hydrogens is 310 g/mol. The van der Waals surface area contributed by atoms with Gasteiger partial charge in [-0.25, -0.2) is 13.1 Å². The Bertz CT molecular complexity index is 626. The Balaban J connectivity index is 2.38. The third-order valence-corrected chi connectivity index (χ3v) is 5.78. The summed E-state index contributed by atoms with van der Waals surface area (Å²) in [5.41, 5.74) is 0.883. The molecule has 0 aromatic heterocycles. The zero-order valence-electron chi connectivity index (χ0n) is 14.7. The molecule has 1 aliphatic rings. The molecule has 1 aliphatic carbocycles. The van der Waals surface area contributed by atoms with Crippen molar-refractivity contribution < 1.29 is 13.2 Å². The average molecular weight is 340 g/mol. The van der Waals surface area contributed by atoms with E-state index in [9.17, 15) is 8.42 Å². The van der Waals surface area contributed by atoms with Crippen LogP contribution >= 0.6 is 0 Å². The lowest BCUT2D eigenvalue weighted by Gasteiger charge is -2.22. The third kappa shape index (κ3) is 4.70. The van der Waals surface area contributed by atoms with Gasteiger partial charge in [-0.05, 0) is 42.4 Å². The lowest BCUT2D eigenvalue weighted by Crippen LogP contribution is -2.33. The van der Waals surface area contributed by atoms with Gasteiger partial charge in [0, 0.05) is 6.04 Å². The second-order valence-electron chi connectivity index (χ2n) is 7.36. The predicted molar refractivity (Wildman–Crippen MR) is 93.5 cm³/mol. The number of nitrogens with one attached hydrogen (secondary N) is 1. The Morgan fingerprint density at radius 2 is 1.87 bits per heavy atom. The van der Waals surface area contributed by atoms with Gasteiger partial charge in [0.25, 0.3) is 0 Å². The molecule has 0 saturated heterocycles. The summed E-state index contributed by atoms with van der Waals surface area (Å²) in [6.07, 6.45) is 4.87. The van der Waals surface area contributed by atoms with Gasteiger partial charge in [-0.15, -0.1) is 0 Å². The summed E-state index contributed by atoms with van der Waals surface area (Å²) in [6, 6.07) is 5.57. The van der Waals surface area contributed by atoms with E-state index in [1.807, 2.05) is 13.0 Å². The lowest BCUT2D eigenvalue weighted by atomic mass is 9.87. The highest BCUT2D eigenvalue weighted by molar-refractivity contribution is 7.89.